The molecule has 0 aromatic heterocycles. The number of carbonyl (C=O) groups is 1. The highest BCUT2D eigenvalue weighted by Gasteiger charge is 2.50. The van der Waals surface area contributed by atoms with Crippen LogP contribution >= 0.6 is 0 Å². The molecule has 0 saturated heterocycles. The average molecular weight is 224 g/mol. The summed E-state index contributed by atoms with van der Waals surface area (Å²) in [6, 6.07) is 8.20. The van der Waals surface area contributed by atoms with Crippen LogP contribution in [0.2, 0.25) is 0 Å². The van der Waals surface area contributed by atoms with Crippen molar-refractivity contribution in [3.05, 3.63) is 47.0 Å². The van der Waals surface area contributed by atoms with Crippen LogP contribution in [-0.4, -0.2) is 5.78 Å². The molecule has 17 heavy (non-hydrogen) atoms. The van der Waals surface area contributed by atoms with E-state index in [1.165, 1.54) is 24.8 Å². The molecule has 1 heteroatoms. The molecule has 86 valence electrons. The van der Waals surface area contributed by atoms with E-state index < -0.39 is 0 Å². The summed E-state index contributed by atoms with van der Waals surface area (Å²) in [7, 11) is 0. The molecule has 1 fully saturated rings. The van der Waals surface area contributed by atoms with Gasteiger partial charge in [0, 0.05) is 12.0 Å². The monoisotopic (exact) mass is 224 g/mol. The number of hydrogen-bond donors (Lipinski definition) is 0. The van der Waals surface area contributed by atoms with Gasteiger partial charge in [0.15, 0.2) is 5.78 Å². The highest BCUT2D eigenvalue weighted by atomic mass is 16.1. The smallest absolute Gasteiger partial charge is 0.163 e. The van der Waals surface area contributed by atoms with Crippen LogP contribution in [0.5, 0.6) is 0 Å². The van der Waals surface area contributed by atoms with Gasteiger partial charge in [-0.2, -0.15) is 0 Å². The first-order chi connectivity index (χ1) is 8.27. The van der Waals surface area contributed by atoms with Crippen molar-refractivity contribution in [3.8, 4) is 0 Å². The molecule has 0 N–H and O–H groups in total. The Hall–Kier alpha value is -1.37. The maximum absolute atomic E-state index is 12.3. The Balaban J connectivity index is 1.80. The van der Waals surface area contributed by atoms with Gasteiger partial charge in [0.05, 0.1) is 0 Å². The number of rotatable bonds is 0. The van der Waals surface area contributed by atoms with Gasteiger partial charge >= 0.3 is 0 Å². The highest BCUT2D eigenvalue weighted by molar-refractivity contribution is 5.99. The molecule has 2 bridgehead atoms. The Kier molecular flexibility index (Phi) is 1.76. The van der Waals surface area contributed by atoms with E-state index in [0.717, 1.165) is 24.3 Å². The molecule has 1 aromatic rings. The van der Waals surface area contributed by atoms with E-state index in [2.05, 4.69) is 18.2 Å². The number of Topliss-reactive ketones (excluding diaryl/α,β-unsaturated/α-hetero) is 1. The standard InChI is InChI=1S/C16H16O/c17-15-10-16(8-11-5-6-13(16)7-11)9-12-3-1-2-4-14(12)15/h1-5,13H,6-10H2. The molecule has 1 nitrogen and oxygen atoms in total. The van der Waals surface area contributed by atoms with Crippen molar-refractivity contribution in [2.75, 3.05) is 0 Å². The largest absolute Gasteiger partial charge is 0.294 e. The molecule has 0 radical (unpaired) electrons. The van der Waals surface area contributed by atoms with E-state index in [1.807, 2.05) is 12.1 Å². The van der Waals surface area contributed by atoms with E-state index in [9.17, 15) is 4.79 Å². The number of benzene rings is 1. The molecule has 2 atom stereocenters. The predicted octanol–water partition coefficient (Wildman–Crippen LogP) is 3.54. The molecule has 1 aromatic carbocycles. The molecule has 1 saturated carbocycles. The van der Waals surface area contributed by atoms with Gasteiger partial charge in [0.2, 0.25) is 0 Å². The Bertz CT molecular complexity index is 540. The van der Waals surface area contributed by atoms with Crippen LogP contribution in [0.3, 0.4) is 0 Å². The fraction of sp³-hybridized carbons (Fsp3) is 0.438. The maximum atomic E-state index is 12.3. The van der Waals surface area contributed by atoms with Crippen LogP contribution in [0.1, 0.15) is 41.6 Å². The fourth-order valence-corrected chi connectivity index (χ4v) is 4.22. The normalized spacial score (nSPS) is 34.0. The summed E-state index contributed by atoms with van der Waals surface area (Å²) in [4.78, 5) is 12.3. The number of hydrogen-bond acceptors (Lipinski definition) is 1. The molecular weight excluding hydrogens is 208 g/mol. The number of carbonyl (C=O) groups excluding carboxylic acids is 1. The van der Waals surface area contributed by atoms with Crippen molar-refractivity contribution in [1.82, 2.24) is 0 Å². The first-order valence-electron chi connectivity index (χ1n) is 6.56. The van der Waals surface area contributed by atoms with E-state index in [1.54, 1.807) is 5.57 Å². The lowest BCUT2D eigenvalue weighted by Gasteiger charge is -2.39. The van der Waals surface area contributed by atoms with E-state index in [-0.39, 0.29) is 5.41 Å². The second kappa shape index (κ2) is 3.10. The summed E-state index contributed by atoms with van der Waals surface area (Å²) in [5, 5.41) is 0. The molecule has 1 spiro atoms. The van der Waals surface area contributed by atoms with Crippen LogP contribution in [0, 0.1) is 11.3 Å². The molecule has 0 aliphatic heterocycles. The van der Waals surface area contributed by atoms with Gasteiger partial charge in [-0.3, -0.25) is 4.79 Å². The minimum absolute atomic E-state index is 0.287. The van der Waals surface area contributed by atoms with Crippen molar-refractivity contribution in [3.63, 3.8) is 0 Å². The van der Waals surface area contributed by atoms with Crippen molar-refractivity contribution in [2.45, 2.75) is 32.1 Å². The van der Waals surface area contributed by atoms with Crippen molar-refractivity contribution < 1.29 is 4.79 Å². The molecule has 3 aliphatic rings. The topological polar surface area (TPSA) is 17.1 Å². The average Bonchev–Trinajstić information content (AvgIpc) is 2.89. The first-order valence-corrected chi connectivity index (χ1v) is 6.56. The quantitative estimate of drug-likeness (QED) is 0.616. The number of fused-ring (bicyclic) bond motifs is 4. The molecule has 0 amide bonds. The lowest BCUT2D eigenvalue weighted by molar-refractivity contribution is 0.0824. The van der Waals surface area contributed by atoms with Crippen LogP contribution in [-0.2, 0) is 6.42 Å². The van der Waals surface area contributed by atoms with Gasteiger partial charge < -0.3 is 0 Å². The minimum atomic E-state index is 0.287. The van der Waals surface area contributed by atoms with Gasteiger partial charge in [0.25, 0.3) is 0 Å². The van der Waals surface area contributed by atoms with Gasteiger partial charge in [-0.15, -0.1) is 0 Å². The maximum Gasteiger partial charge on any atom is 0.163 e. The lowest BCUT2D eigenvalue weighted by Crippen LogP contribution is -2.36. The minimum Gasteiger partial charge on any atom is -0.294 e. The van der Waals surface area contributed by atoms with Crippen molar-refractivity contribution >= 4 is 5.78 Å². The number of allylic oxidation sites excluding steroid dienone is 2. The summed E-state index contributed by atoms with van der Waals surface area (Å²) in [5.41, 5.74) is 4.17. The highest BCUT2D eigenvalue weighted by Crippen LogP contribution is 2.58. The summed E-state index contributed by atoms with van der Waals surface area (Å²) in [6.45, 7) is 0. The Morgan fingerprint density at radius 3 is 2.76 bits per heavy atom. The Morgan fingerprint density at radius 1 is 1.12 bits per heavy atom. The predicted molar refractivity (Wildman–Crippen MR) is 67.0 cm³/mol. The van der Waals surface area contributed by atoms with E-state index in [4.69, 9.17) is 0 Å². The summed E-state index contributed by atoms with van der Waals surface area (Å²) >= 11 is 0. The van der Waals surface area contributed by atoms with E-state index >= 15 is 0 Å². The van der Waals surface area contributed by atoms with Crippen LogP contribution < -0.4 is 0 Å². The molecular formula is C16H16O. The first kappa shape index (κ1) is 9.64. The van der Waals surface area contributed by atoms with Crippen molar-refractivity contribution in [1.29, 1.82) is 0 Å². The lowest BCUT2D eigenvalue weighted by atomic mass is 9.64. The van der Waals surface area contributed by atoms with Crippen LogP contribution in [0.15, 0.2) is 35.9 Å². The van der Waals surface area contributed by atoms with E-state index in [0.29, 0.717) is 5.78 Å². The zero-order chi connectivity index (χ0) is 11.5. The Labute approximate surface area is 102 Å². The third-order valence-corrected chi connectivity index (χ3v) is 5.02. The SMILES string of the molecule is O=C1CC2(CC3=CCC2C3)Cc2ccccc21. The zero-order valence-corrected chi connectivity index (χ0v) is 9.91. The summed E-state index contributed by atoms with van der Waals surface area (Å²) < 4.78 is 0. The summed E-state index contributed by atoms with van der Waals surface area (Å²) in [6.07, 6.45) is 7.96. The Morgan fingerprint density at radius 2 is 2.00 bits per heavy atom. The van der Waals surface area contributed by atoms with Gasteiger partial charge in [-0.25, -0.2) is 0 Å². The third kappa shape index (κ3) is 1.23. The molecule has 3 aliphatic carbocycles. The van der Waals surface area contributed by atoms with Crippen LogP contribution in [0.4, 0.5) is 0 Å². The molecule has 4 rings (SSSR count). The number of ketones is 1. The van der Waals surface area contributed by atoms with Gasteiger partial charge in [-0.1, -0.05) is 35.9 Å². The van der Waals surface area contributed by atoms with Crippen molar-refractivity contribution in [2.24, 2.45) is 11.3 Å². The van der Waals surface area contributed by atoms with Crippen LogP contribution in [0.25, 0.3) is 0 Å². The van der Waals surface area contributed by atoms with Gasteiger partial charge in [0.1, 0.15) is 0 Å². The summed E-state index contributed by atoms with van der Waals surface area (Å²) in [5.74, 6) is 1.12. The second-order valence-corrected chi connectivity index (χ2v) is 5.97. The zero-order valence-electron chi connectivity index (χ0n) is 9.91. The molecule has 2 unspecified atom stereocenters. The third-order valence-electron chi connectivity index (χ3n) is 5.02. The second-order valence-electron chi connectivity index (χ2n) is 5.97. The fourth-order valence-electron chi connectivity index (χ4n) is 4.22. The van der Waals surface area contributed by atoms with Gasteiger partial charge in [-0.05, 0) is 42.6 Å². The molecule has 0 heterocycles.